The van der Waals surface area contributed by atoms with Crippen molar-refractivity contribution in [1.29, 1.82) is 0 Å². The molecule has 3 rings (SSSR count). The topological polar surface area (TPSA) is 98.7 Å². The molecule has 35 heavy (non-hydrogen) atoms. The molecule has 2 atom stereocenters. The molecule has 190 valence electrons. The molecule has 0 aromatic heterocycles. The number of benzene rings is 2. The number of carbonyl (C=O) groups excluding carboxylic acids is 1. The Balaban J connectivity index is 1.85. The molecule has 6 nitrogen and oxygen atoms in total. The number of hydrogen-bond donors (Lipinski definition) is 4. The molecule has 1 unspecified atom stereocenters. The van der Waals surface area contributed by atoms with E-state index in [1.807, 2.05) is 49.6 Å². The smallest absolute Gasteiger partial charge is 0.326 e. The van der Waals surface area contributed by atoms with E-state index in [0.29, 0.717) is 30.2 Å². The monoisotopic (exact) mass is 498 g/mol. The zero-order valence-electron chi connectivity index (χ0n) is 20.8. The maximum Gasteiger partial charge on any atom is 0.326 e. The zero-order valence-corrected chi connectivity index (χ0v) is 21.6. The average molecular weight is 499 g/mol. The number of carboxylic acid groups (broad SMARTS) is 1. The van der Waals surface area contributed by atoms with Crippen LogP contribution in [-0.2, 0) is 11.3 Å². The highest BCUT2D eigenvalue weighted by Crippen LogP contribution is 2.29. The van der Waals surface area contributed by atoms with Gasteiger partial charge in [0.2, 0.25) is 0 Å². The van der Waals surface area contributed by atoms with Crippen LogP contribution in [0, 0.1) is 12.8 Å². The maximum absolute atomic E-state index is 13.2. The number of aryl methyl sites for hydroxylation is 1. The summed E-state index contributed by atoms with van der Waals surface area (Å²) in [4.78, 5) is 24.9. The number of nitrogens with one attached hydrogen (secondary N) is 2. The maximum atomic E-state index is 13.2. The number of carbonyl (C=O) groups is 2. The van der Waals surface area contributed by atoms with Crippen LogP contribution >= 0.6 is 11.8 Å². The molecule has 1 aliphatic carbocycles. The number of rotatable bonds is 12. The first-order valence-corrected chi connectivity index (χ1v) is 13.9. The summed E-state index contributed by atoms with van der Waals surface area (Å²) in [5, 5.41) is 25.8. The lowest BCUT2D eigenvalue weighted by molar-refractivity contribution is -0.139. The van der Waals surface area contributed by atoms with Crippen molar-refractivity contribution in [2.45, 2.75) is 64.1 Å². The number of thioether (sulfide) groups is 1. The predicted octanol–water partition coefficient (Wildman–Crippen LogP) is 4.63. The van der Waals surface area contributed by atoms with E-state index < -0.39 is 12.0 Å². The first kappa shape index (κ1) is 27.2. The number of aliphatic hydroxyl groups is 1. The molecule has 0 radical (unpaired) electrons. The van der Waals surface area contributed by atoms with Gasteiger partial charge in [-0.2, -0.15) is 11.8 Å². The SMILES string of the molecule is CSCC[C@H](NC(=O)c1ccc(CNC(CO)C2CCCCC2)cc1-c1ccccc1C)C(=O)O. The van der Waals surface area contributed by atoms with Crippen molar-refractivity contribution in [3.05, 3.63) is 59.2 Å². The molecule has 0 spiro atoms. The molecule has 7 heteroatoms. The van der Waals surface area contributed by atoms with Gasteiger partial charge in [0.15, 0.2) is 0 Å². The third-order valence-corrected chi connectivity index (χ3v) is 7.61. The molecule has 4 N–H and O–H groups in total. The average Bonchev–Trinajstić information content (AvgIpc) is 2.87. The van der Waals surface area contributed by atoms with E-state index in [-0.39, 0.29) is 18.6 Å². The summed E-state index contributed by atoms with van der Waals surface area (Å²) in [5.41, 5.74) is 4.25. The fourth-order valence-electron chi connectivity index (χ4n) is 4.89. The molecule has 1 aliphatic rings. The lowest BCUT2D eigenvalue weighted by Crippen LogP contribution is -2.41. The van der Waals surface area contributed by atoms with Gasteiger partial charge >= 0.3 is 5.97 Å². The third-order valence-electron chi connectivity index (χ3n) is 6.96. The molecular formula is C28H38N2O4S. The Morgan fingerprint density at radius 1 is 1.09 bits per heavy atom. The molecule has 0 saturated heterocycles. The van der Waals surface area contributed by atoms with Crippen LogP contribution < -0.4 is 10.6 Å². The first-order valence-electron chi connectivity index (χ1n) is 12.5. The van der Waals surface area contributed by atoms with E-state index >= 15 is 0 Å². The number of hydrogen-bond acceptors (Lipinski definition) is 5. The quantitative estimate of drug-likeness (QED) is 0.341. The van der Waals surface area contributed by atoms with Crippen LogP contribution in [0.4, 0.5) is 0 Å². The van der Waals surface area contributed by atoms with Crippen LogP contribution in [0.1, 0.15) is 60.0 Å². The largest absolute Gasteiger partial charge is 0.480 e. The number of aliphatic carboxylic acids is 1. The van der Waals surface area contributed by atoms with Gasteiger partial charge < -0.3 is 20.8 Å². The molecule has 1 fully saturated rings. The van der Waals surface area contributed by atoms with Crippen molar-refractivity contribution in [1.82, 2.24) is 10.6 Å². The molecule has 2 aromatic rings. The van der Waals surface area contributed by atoms with E-state index in [0.717, 1.165) is 35.1 Å². The molecule has 0 bridgehead atoms. The summed E-state index contributed by atoms with van der Waals surface area (Å²) in [7, 11) is 0. The third kappa shape index (κ3) is 7.56. The van der Waals surface area contributed by atoms with E-state index in [1.54, 1.807) is 17.8 Å². The standard InChI is InChI=1S/C28H38N2O4S/c1-19-8-6-7-11-22(19)24-16-20(17-29-26(18-31)21-9-4-3-5-10-21)12-13-23(24)27(32)30-25(28(33)34)14-15-35-2/h6-8,11-13,16,21,25-26,29,31H,3-5,9-10,14-15,17-18H2,1-2H3,(H,30,32)(H,33,34)/t25-,26?/m0/s1. The Morgan fingerprint density at radius 3 is 2.49 bits per heavy atom. The van der Waals surface area contributed by atoms with Crippen LogP contribution in [0.5, 0.6) is 0 Å². The van der Waals surface area contributed by atoms with Crippen LogP contribution in [-0.4, -0.2) is 52.8 Å². The second-order valence-electron chi connectivity index (χ2n) is 9.41. The van der Waals surface area contributed by atoms with Gasteiger partial charge in [-0.05, 0) is 78.5 Å². The van der Waals surface area contributed by atoms with Gasteiger partial charge in [-0.1, -0.05) is 49.6 Å². The summed E-state index contributed by atoms with van der Waals surface area (Å²) in [6.07, 6.45) is 8.29. The number of carboxylic acids is 1. The molecule has 1 saturated carbocycles. The van der Waals surface area contributed by atoms with Gasteiger partial charge in [0.1, 0.15) is 6.04 Å². The minimum absolute atomic E-state index is 0.0629. The summed E-state index contributed by atoms with van der Waals surface area (Å²) >= 11 is 1.55. The summed E-state index contributed by atoms with van der Waals surface area (Å²) in [5.74, 6) is -0.265. The van der Waals surface area contributed by atoms with Crippen molar-refractivity contribution in [2.75, 3.05) is 18.6 Å². The molecular weight excluding hydrogens is 460 g/mol. The Morgan fingerprint density at radius 2 is 1.83 bits per heavy atom. The van der Waals surface area contributed by atoms with Crippen LogP contribution in [0.15, 0.2) is 42.5 Å². The van der Waals surface area contributed by atoms with Crippen LogP contribution in [0.3, 0.4) is 0 Å². The summed E-state index contributed by atoms with van der Waals surface area (Å²) < 4.78 is 0. The number of amides is 1. The fraction of sp³-hybridized carbons (Fsp3) is 0.500. The van der Waals surface area contributed by atoms with Gasteiger partial charge in [-0.15, -0.1) is 0 Å². The van der Waals surface area contributed by atoms with E-state index in [2.05, 4.69) is 10.6 Å². The molecule has 0 aliphatic heterocycles. The van der Waals surface area contributed by atoms with Crippen molar-refractivity contribution < 1.29 is 19.8 Å². The van der Waals surface area contributed by atoms with Gasteiger partial charge in [0, 0.05) is 18.2 Å². The van der Waals surface area contributed by atoms with Crippen LogP contribution in [0.25, 0.3) is 11.1 Å². The van der Waals surface area contributed by atoms with Gasteiger partial charge in [-0.25, -0.2) is 4.79 Å². The zero-order chi connectivity index (χ0) is 25.2. The minimum Gasteiger partial charge on any atom is -0.480 e. The van der Waals surface area contributed by atoms with Crippen molar-refractivity contribution in [3.8, 4) is 11.1 Å². The second-order valence-corrected chi connectivity index (χ2v) is 10.4. The fourth-order valence-corrected chi connectivity index (χ4v) is 5.36. The van der Waals surface area contributed by atoms with Crippen molar-refractivity contribution in [2.24, 2.45) is 5.92 Å². The molecule has 1 amide bonds. The van der Waals surface area contributed by atoms with E-state index in [4.69, 9.17) is 0 Å². The van der Waals surface area contributed by atoms with E-state index in [1.165, 1.54) is 19.3 Å². The van der Waals surface area contributed by atoms with Crippen molar-refractivity contribution >= 4 is 23.6 Å². The molecule has 0 heterocycles. The Labute approximate surface area is 212 Å². The van der Waals surface area contributed by atoms with Crippen molar-refractivity contribution in [3.63, 3.8) is 0 Å². The lowest BCUT2D eigenvalue weighted by atomic mass is 9.84. The highest BCUT2D eigenvalue weighted by atomic mass is 32.2. The number of aliphatic hydroxyl groups excluding tert-OH is 1. The summed E-state index contributed by atoms with van der Waals surface area (Å²) in [6.45, 7) is 2.71. The van der Waals surface area contributed by atoms with Gasteiger partial charge in [-0.3, -0.25) is 4.79 Å². The highest BCUT2D eigenvalue weighted by Gasteiger charge is 2.24. The molecule has 2 aromatic carbocycles. The highest BCUT2D eigenvalue weighted by molar-refractivity contribution is 7.98. The summed E-state index contributed by atoms with van der Waals surface area (Å²) in [6, 6.07) is 12.7. The minimum atomic E-state index is -1.02. The first-order chi connectivity index (χ1) is 16.9. The predicted molar refractivity (Wildman–Crippen MR) is 143 cm³/mol. The Hall–Kier alpha value is -2.35. The second kappa shape index (κ2) is 13.7. The van der Waals surface area contributed by atoms with Gasteiger partial charge in [0.05, 0.1) is 6.61 Å². The lowest BCUT2D eigenvalue weighted by Gasteiger charge is -2.30. The Kier molecular flexibility index (Phi) is 10.6. The van der Waals surface area contributed by atoms with Gasteiger partial charge in [0.25, 0.3) is 5.91 Å². The normalized spacial score (nSPS) is 16.0. The van der Waals surface area contributed by atoms with E-state index in [9.17, 15) is 19.8 Å². The van der Waals surface area contributed by atoms with Crippen LogP contribution in [0.2, 0.25) is 0 Å². The Bertz CT molecular complexity index is 991.